The Morgan fingerprint density at radius 1 is 1.15 bits per heavy atom. The van der Waals surface area contributed by atoms with E-state index in [0.29, 0.717) is 6.04 Å². The van der Waals surface area contributed by atoms with Gasteiger partial charge in [0.15, 0.2) is 0 Å². The lowest BCUT2D eigenvalue weighted by atomic mass is 10.1. The standard InChI is InChI=1S/C17H28N2O/c1-15-9-10-18(14-17(2,3)20)11-12-19(15)13-16-7-5-4-6-8-16/h4-8,15,20H,9-14H2,1-3H3/t15-/m0/s1. The average molecular weight is 276 g/mol. The second-order valence-corrected chi connectivity index (χ2v) is 6.68. The van der Waals surface area contributed by atoms with Crippen molar-refractivity contribution in [2.45, 2.75) is 45.4 Å². The molecule has 0 bridgehead atoms. The van der Waals surface area contributed by atoms with Gasteiger partial charge in [-0.05, 0) is 39.3 Å². The molecule has 1 aromatic rings. The molecular weight excluding hydrogens is 248 g/mol. The maximum absolute atomic E-state index is 9.97. The van der Waals surface area contributed by atoms with Crippen LogP contribution in [0, 0.1) is 0 Å². The molecule has 3 nitrogen and oxygen atoms in total. The molecule has 0 aliphatic carbocycles. The molecule has 2 rings (SSSR count). The highest BCUT2D eigenvalue weighted by Gasteiger charge is 2.24. The summed E-state index contributed by atoms with van der Waals surface area (Å²) in [4.78, 5) is 4.95. The maximum atomic E-state index is 9.97. The summed E-state index contributed by atoms with van der Waals surface area (Å²) in [6.45, 7) is 11.1. The molecule has 0 radical (unpaired) electrons. The molecule has 1 aromatic carbocycles. The van der Waals surface area contributed by atoms with Crippen LogP contribution in [0.15, 0.2) is 30.3 Å². The van der Waals surface area contributed by atoms with Crippen molar-refractivity contribution in [3.05, 3.63) is 35.9 Å². The van der Waals surface area contributed by atoms with E-state index in [2.05, 4.69) is 47.1 Å². The topological polar surface area (TPSA) is 26.7 Å². The molecule has 1 fully saturated rings. The van der Waals surface area contributed by atoms with Gasteiger partial charge in [-0.25, -0.2) is 0 Å². The molecule has 1 saturated heterocycles. The van der Waals surface area contributed by atoms with Gasteiger partial charge in [-0.3, -0.25) is 9.80 Å². The highest BCUT2D eigenvalue weighted by atomic mass is 16.3. The fourth-order valence-corrected chi connectivity index (χ4v) is 2.91. The summed E-state index contributed by atoms with van der Waals surface area (Å²) in [5.74, 6) is 0. The van der Waals surface area contributed by atoms with Gasteiger partial charge in [0.2, 0.25) is 0 Å². The van der Waals surface area contributed by atoms with Crippen LogP contribution in [0.1, 0.15) is 32.8 Å². The Morgan fingerprint density at radius 3 is 2.50 bits per heavy atom. The highest BCUT2D eigenvalue weighted by Crippen LogP contribution is 2.16. The first-order valence-corrected chi connectivity index (χ1v) is 7.67. The van der Waals surface area contributed by atoms with Gasteiger partial charge in [0.05, 0.1) is 5.60 Å². The van der Waals surface area contributed by atoms with Gasteiger partial charge in [0.25, 0.3) is 0 Å². The van der Waals surface area contributed by atoms with Crippen LogP contribution in [0.25, 0.3) is 0 Å². The lowest BCUT2D eigenvalue weighted by Gasteiger charge is -2.28. The minimum absolute atomic E-state index is 0.599. The van der Waals surface area contributed by atoms with E-state index in [9.17, 15) is 5.11 Å². The van der Waals surface area contributed by atoms with Crippen molar-refractivity contribution in [3.63, 3.8) is 0 Å². The van der Waals surface area contributed by atoms with Crippen molar-refractivity contribution in [1.82, 2.24) is 9.80 Å². The molecular formula is C17H28N2O. The maximum Gasteiger partial charge on any atom is 0.0718 e. The molecule has 0 aromatic heterocycles. The predicted octanol–water partition coefficient (Wildman–Crippen LogP) is 2.35. The van der Waals surface area contributed by atoms with E-state index < -0.39 is 5.60 Å². The first-order chi connectivity index (χ1) is 9.44. The largest absolute Gasteiger partial charge is 0.389 e. The lowest BCUT2D eigenvalue weighted by molar-refractivity contribution is 0.0374. The average Bonchev–Trinajstić information content (AvgIpc) is 2.54. The molecule has 1 aliphatic heterocycles. The molecule has 20 heavy (non-hydrogen) atoms. The summed E-state index contributed by atoms with van der Waals surface area (Å²) in [5, 5.41) is 9.97. The molecule has 0 amide bonds. The first kappa shape index (κ1) is 15.5. The zero-order chi connectivity index (χ0) is 14.6. The summed E-state index contributed by atoms with van der Waals surface area (Å²) in [6, 6.07) is 11.3. The van der Waals surface area contributed by atoms with Crippen LogP contribution < -0.4 is 0 Å². The normalized spacial score (nSPS) is 22.7. The second-order valence-electron chi connectivity index (χ2n) is 6.68. The smallest absolute Gasteiger partial charge is 0.0718 e. The summed E-state index contributed by atoms with van der Waals surface area (Å²) in [5.41, 5.74) is 0.785. The number of rotatable bonds is 4. The van der Waals surface area contributed by atoms with Gasteiger partial charge in [0.1, 0.15) is 0 Å². The van der Waals surface area contributed by atoms with Gasteiger partial charge in [0, 0.05) is 32.2 Å². The SMILES string of the molecule is C[C@H]1CCN(CC(C)(C)O)CCN1Cc1ccccc1. The van der Waals surface area contributed by atoms with Crippen molar-refractivity contribution >= 4 is 0 Å². The van der Waals surface area contributed by atoms with Crippen LogP contribution in [0.2, 0.25) is 0 Å². The van der Waals surface area contributed by atoms with Crippen molar-refractivity contribution in [2.75, 3.05) is 26.2 Å². The van der Waals surface area contributed by atoms with E-state index in [1.54, 1.807) is 0 Å². The molecule has 1 N–H and O–H groups in total. The summed E-state index contributed by atoms with van der Waals surface area (Å²) < 4.78 is 0. The van der Waals surface area contributed by atoms with Crippen molar-refractivity contribution in [1.29, 1.82) is 0 Å². The Kier molecular flexibility index (Phi) is 5.19. The number of benzene rings is 1. The number of β-amino-alcohol motifs (C(OH)–C–C–N with tert-alkyl or cyclic N) is 1. The van der Waals surface area contributed by atoms with Crippen LogP contribution in [-0.4, -0.2) is 52.7 Å². The van der Waals surface area contributed by atoms with E-state index in [-0.39, 0.29) is 0 Å². The molecule has 1 heterocycles. The minimum Gasteiger partial charge on any atom is -0.389 e. The van der Waals surface area contributed by atoms with Crippen LogP contribution in [0.5, 0.6) is 0 Å². The number of hydrogen-bond donors (Lipinski definition) is 1. The highest BCUT2D eigenvalue weighted by molar-refractivity contribution is 5.14. The van der Waals surface area contributed by atoms with Crippen LogP contribution >= 0.6 is 0 Å². The fraction of sp³-hybridized carbons (Fsp3) is 0.647. The van der Waals surface area contributed by atoms with E-state index in [4.69, 9.17) is 0 Å². The van der Waals surface area contributed by atoms with Gasteiger partial charge >= 0.3 is 0 Å². The molecule has 0 spiro atoms. The molecule has 1 aliphatic rings. The third-order valence-corrected chi connectivity index (χ3v) is 4.03. The zero-order valence-electron chi connectivity index (χ0n) is 13.0. The Labute approximate surface area is 123 Å². The second kappa shape index (κ2) is 6.70. The Hall–Kier alpha value is -0.900. The number of hydrogen-bond acceptors (Lipinski definition) is 3. The predicted molar refractivity (Wildman–Crippen MR) is 83.7 cm³/mol. The van der Waals surface area contributed by atoms with Gasteiger partial charge in [-0.2, -0.15) is 0 Å². The summed E-state index contributed by atoms with van der Waals surface area (Å²) in [7, 11) is 0. The lowest BCUT2D eigenvalue weighted by Crippen LogP contribution is -2.40. The minimum atomic E-state index is -0.599. The van der Waals surface area contributed by atoms with Gasteiger partial charge < -0.3 is 5.11 Å². The summed E-state index contributed by atoms with van der Waals surface area (Å²) in [6.07, 6.45) is 1.17. The zero-order valence-corrected chi connectivity index (χ0v) is 13.0. The molecule has 3 heteroatoms. The van der Waals surface area contributed by atoms with Crippen molar-refractivity contribution in [2.24, 2.45) is 0 Å². The fourth-order valence-electron chi connectivity index (χ4n) is 2.91. The first-order valence-electron chi connectivity index (χ1n) is 7.67. The molecule has 0 unspecified atom stereocenters. The van der Waals surface area contributed by atoms with E-state index in [0.717, 1.165) is 32.7 Å². The number of nitrogens with zero attached hydrogens (tertiary/aromatic N) is 2. The Morgan fingerprint density at radius 2 is 1.85 bits per heavy atom. The Bertz CT molecular complexity index is 399. The van der Waals surface area contributed by atoms with Crippen LogP contribution in [-0.2, 0) is 6.54 Å². The Balaban J connectivity index is 1.92. The summed E-state index contributed by atoms with van der Waals surface area (Å²) >= 11 is 0. The quantitative estimate of drug-likeness (QED) is 0.914. The van der Waals surface area contributed by atoms with E-state index in [1.165, 1.54) is 12.0 Å². The monoisotopic (exact) mass is 276 g/mol. The van der Waals surface area contributed by atoms with Crippen molar-refractivity contribution in [3.8, 4) is 0 Å². The van der Waals surface area contributed by atoms with Crippen molar-refractivity contribution < 1.29 is 5.11 Å². The number of aliphatic hydroxyl groups is 1. The molecule has 1 atom stereocenters. The van der Waals surface area contributed by atoms with Crippen LogP contribution in [0.4, 0.5) is 0 Å². The van der Waals surface area contributed by atoms with E-state index >= 15 is 0 Å². The van der Waals surface area contributed by atoms with Crippen LogP contribution in [0.3, 0.4) is 0 Å². The molecule has 0 saturated carbocycles. The van der Waals surface area contributed by atoms with E-state index in [1.807, 2.05) is 13.8 Å². The third-order valence-electron chi connectivity index (χ3n) is 4.03. The third kappa shape index (κ3) is 4.89. The van der Waals surface area contributed by atoms with Gasteiger partial charge in [-0.1, -0.05) is 30.3 Å². The molecule has 112 valence electrons. The van der Waals surface area contributed by atoms with Gasteiger partial charge in [-0.15, -0.1) is 0 Å².